The first kappa shape index (κ1) is 31.6. The number of rotatable bonds is 13. The number of aryl methyl sites for hydroxylation is 1. The highest BCUT2D eigenvalue weighted by molar-refractivity contribution is 7.92. The molecule has 3 rings (SSSR count). The van der Waals surface area contributed by atoms with E-state index in [2.05, 4.69) is 5.32 Å². The summed E-state index contributed by atoms with van der Waals surface area (Å²) in [5.74, 6) is -0.941. The van der Waals surface area contributed by atoms with Crippen molar-refractivity contribution in [1.82, 2.24) is 10.2 Å². The van der Waals surface area contributed by atoms with Gasteiger partial charge in [0.05, 0.1) is 17.2 Å². The Kier molecular flexibility index (Phi) is 10.9. The first-order chi connectivity index (χ1) is 19.5. The fourth-order valence-electron chi connectivity index (χ4n) is 4.41. The second-order valence-corrected chi connectivity index (χ2v) is 11.8. The van der Waals surface area contributed by atoms with E-state index < -0.39 is 34.3 Å². The molecular formula is C31H38FN3O5S. The molecule has 0 unspecified atom stereocenters. The van der Waals surface area contributed by atoms with Gasteiger partial charge >= 0.3 is 0 Å². The zero-order chi connectivity index (χ0) is 30.2. The third-order valence-corrected chi connectivity index (χ3v) is 8.32. The van der Waals surface area contributed by atoms with Crippen molar-refractivity contribution in [2.45, 2.75) is 64.6 Å². The number of nitrogens with zero attached hydrogens (tertiary/aromatic N) is 2. The lowest BCUT2D eigenvalue weighted by atomic mass is 10.1. The number of nitrogens with one attached hydrogen (secondary N) is 1. The van der Waals surface area contributed by atoms with Crippen LogP contribution in [0.25, 0.3) is 0 Å². The highest BCUT2D eigenvalue weighted by Gasteiger charge is 2.34. The highest BCUT2D eigenvalue weighted by atomic mass is 32.2. The molecule has 0 heterocycles. The smallest absolute Gasteiger partial charge is 0.264 e. The molecule has 3 aromatic carbocycles. The number of sulfonamides is 1. The number of carbonyl (C=O) groups excluding carboxylic acids is 2. The van der Waals surface area contributed by atoms with Crippen molar-refractivity contribution in [2.75, 3.05) is 17.5 Å². The summed E-state index contributed by atoms with van der Waals surface area (Å²) in [6.45, 7) is 9.12. The zero-order valence-corrected chi connectivity index (χ0v) is 24.9. The number of amides is 2. The van der Waals surface area contributed by atoms with Crippen LogP contribution in [-0.4, -0.2) is 50.4 Å². The Hall–Kier alpha value is -3.92. The first-order valence-electron chi connectivity index (χ1n) is 13.6. The molecule has 0 saturated carbocycles. The largest absolute Gasteiger partial charge is 0.494 e. The summed E-state index contributed by atoms with van der Waals surface area (Å²) >= 11 is 0. The average Bonchev–Trinajstić information content (AvgIpc) is 2.93. The van der Waals surface area contributed by atoms with Crippen LogP contribution >= 0.6 is 0 Å². The Morgan fingerprint density at radius 3 is 2.15 bits per heavy atom. The van der Waals surface area contributed by atoms with Crippen LogP contribution in [0.4, 0.5) is 10.1 Å². The first-order valence-corrected chi connectivity index (χ1v) is 15.1. The molecule has 41 heavy (non-hydrogen) atoms. The van der Waals surface area contributed by atoms with E-state index in [0.29, 0.717) is 18.8 Å². The molecule has 0 saturated heterocycles. The number of hydrogen-bond donors (Lipinski definition) is 1. The summed E-state index contributed by atoms with van der Waals surface area (Å²) in [5, 5.41) is 2.87. The second-order valence-electron chi connectivity index (χ2n) is 9.93. The minimum absolute atomic E-state index is 0.0619. The summed E-state index contributed by atoms with van der Waals surface area (Å²) in [7, 11) is -4.27. The number of carbonyl (C=O) groups is 2. The normalized spacial score (nSPS) is 12.1. The van der Waals surface area contributed by atoms with Gasteiger partial charge < -0.3 is 15.0 Å². The van der Waals surface area contributed by atoms with E-state index in [1.54, 1.807) is 6.92 Å². The van der Waals surface area contributed by atoms with Gasteiger partial charge in [0.2, 0.25) is 11.8 Å². The van der Waals surface area contributed by atoms with E-state index in [9.17, 15) is 22.4 Å². The quantitative estimate of drug-likeness (QED) is 0.304. The van der Waals surface area contributed by atoms with Gasteiger partial charge in [0.25, 0.3) is 10.0 Å². The lowest BCUT2D eigenvalue weighted by Crippen LogP contribution is -2.53. The monoisotopic (exact) mass is 583 g/mol. The minimum Gasteiger partial charge on any atom is -0.494 e. The summed E-state index contributed by atoms with van der Waals surface area (Å²) in [6, 6.07) is 17.3. The molecule has 220 valence electrons. The van der Waals surface area contributed by atoms with Crippen molar-refractivity contribution in [2.24, 2.45) is 0 Å². The van der Waals surface area contributed by atoms with E-state index in [-0.39, 0.29) is 29.1 Å². The van der Waals surface area contributed by atoms with Crippen LogP contribution in [0.3, 0.4) is 0 Å². The fraction of sp³-hybridized carbons (Fsp3) is 0.355. The molecule has 2 amide bonds. The molecule has 0 aliphatic rings. The Labute approximate surface area is 242 Å². The lowest BCUT2D eigenvalue weighted by molar-refractivity contribution is -0.140. The molecule has 0 bridgehead atoms. The van der Waals surface area contributed by atoms with Crippen LogP contribution < -0.4 is 14.4 Å². The predicted molar refractivity (Wildman–Crippen MR) is 158 cm³/mol. The Bertz CT molecular complexity index is 1430. The molecule has 1 atom stereocenters. The summed E-state index contributed by atoms with van der Waals surface area (Å²) in [6.07, 6.45) is 0.318. The van der Waals surface area contributed by atoms with Crippen LogP contribution in [0.15, 0.2) is 77.7 Å². The molecular weight excluding hydrogens is 545 g/mol. The second kappa shape index (κ2) is 14.1. The lowest BCUT2D eigenvalue weighted by Gasteiger charge is -2.34. The molecule has 8 nitrogen and oxygen atoms in total. The van der Waals surface area contributed by atoms with Gasteiger partial charge in [-0.1, -0.05) is 31.2 Å². The van der Waals surface area contributed by atoms with Gasteiger partial charge in [-0.2, -0.15) is 0 Å². The van der Waals surface area contributed by atoms with Gasteiger partial charge in [-0.05, 0) is 93.8 Å². The van der Waals surface area contributed by atoms with E-state index in [4.69, 9.17) is 4.74 Å². The van der Waals surface area contributed by atoms with E-state index in [1.165, 1.54) is 41.3 Å². The Morgan fingerprint density at radius 2 is 1.59 bits per heavy atom. The molecule has 0 aliphatic heterocycles. The van der Waals surface area contributed by atoms with Gasteiger partial charge in [0, 0.05) is 12.6 Å². The molecule has 3 aromatic rings. The van der Waals surface area contributed by atoms with Crippen molar-refractivity contribution in [1.29, 1.82) is 0 Å². The summed E-state index contributed by atoms with van der Waals surface area (Å²) in [4.78, 5) is 28.6. The maximum absolute atomic E-state index is 14.1. The van der Waals surface area contributed by atoms with Crippen LogP contribution in [0, 0.1) is 12.7 Å². The van der Waals surface area contributed by atoms with Gasteiger partial charge in [0.15, 0.2) is 0 Å². The maximum Gasteiger partial charge on any atom is 0.264 e. The van der Waals surface area contributed by atoms with Crippen molar-refractivity contribution >= 4 is 27.5 Å². The van der Waals surface area contributed by atoms with Crippen molar-refractivity contribution < 1.29 is 27.1 Å². The maximum atomic E-state index is 14.1. The van der Waals surface area contributed by atoms with Gasteiger partial charge in [-0.3, -0.25) is 13.9 Å². The SMILES string of the molecule is CCOc1ccc(S(=O)(=O)N(CC(=O)N(Cc2ccccc2C)[C@H](CC)C(=O)NC(C)C)c2ccc(F)cc2)cc1. The molecule has 0 radical (unpaired) electrons. The number of benzene rings is 3. The van der Waals surface area contributed by atoms with Crippen LogP contribution in [0.5, 0.6) is 5.75 Å². The number of anilines is 1. The molecule has 0 aliphatic carbocycles. The van der Waals surface area contributed by atoms with E-state index >= 15 is 0 Å². The van der Waals surface area contributed by atoms with Gasteiger partial charge in [0.1, 0.15) is 24.2 Å². The third kappa shape index (κ3) is 8.07. The van der Waals surface area contributed by atoms with Crippen molar-refractivity contribution in [3.63, 3.8) is 0 Å². The zero-order valence-electron chi connectivity index (χ0n) is 24.1. The topological polar surface area (TPSA) is 96.0 Å². The minimum atomic E-state index is -4.27. The van der Waals surface area contributed by atoms with E-state index in [0.717, 1.165) is 27.6 Å². The number of ether oxygens (including phenoxy) is 1. The van der Waals surface area contributed by atoms with Crippen molar-refractivity contribution in [3.05, 3.63) is 89.7 Å². The fourth-order valence-corrected chi connectivity index (χ4v) is 5.82. The highest BCUT2D eigenvalue weighted by Crippen LogP contribution is 2.26. The van der Waals surface area contributed by atoms with E-state index in [1.807, 2.05) is 52.0 Å². The van der Waals surface area contributed by atoms with Gasteiger partial charge in [-0.25, -0.2) is 12.8 Å². The molecule has 0 aromatic heterocycles. The molecule has 1 N–H and O–H groups in total. The number of hydrogen-bond acceptors (Lipinski definition) is 5. The predicted octanol–water partition coefficient (Wildman–Crippen LogP) is 5.06. The molecule has 10 heteroatoms. The molecule has 0 fully saturated rings. The molecule has 0 spiro atoms. The Morgan fingerprint density at radius 1 is 0.951 bits per heavy atom. The van der Waals surface area contributed by atoms with Crippen LogP contribution in [0.1, 0.15) is 45.2 Å². The van der Waals surface area contributed by atoms with Crippen LogP contribution in [-0.2, 0) is 26.2 Å². The number of halogens is 1. The third-order valence-electron chi connectivity index (χ3n) is 6.54. The van der Waals surface area contributed by atoms with Crippen LogP contribution in [0.2, 0.25) is 0 Å². The van der Waals surface area contributed by atoms with Crippen molar-refractivity contribution in [3.8, 4) is 5.75 Å². The summed E-state index contributed by atoms with van der Waals surface area (Å²) < 4.78 is 48.0. The average molecular weight is 584 g/mol. The van der Waals surface area contributed by atoms with Gasteiger partial charge in [-0.15, -0.1) is 0 Å². The summed E-state index contributed by atoms with van der Waals surface area (Å²) in [5.41, 5.74) is 1.88. The Balaban J connectivity index is 2.06. The standard InChI is InChI=1S/C31H38FN3O5S/c1-6-29(31(37)33-22(3)4)34(20-24-11-9-8-10-23(24)5)30(36)21-35(26-14-12-25(32)13-15-26)41(38,39)28-18-16-27(17-19-28)40-7-2/h8-19,22,29H,6-7,20-21H2,1-5H3,(H,33,37)/t29-/m1/s1.